The number of halogens is 3. The van der Waals surface area contributed by atoms with Gasteiger partial charge in [-0.05, 0) is 61.2 Å². The second-order valence-electron chi connectivity index (χ2n) is 8.23. The molecule has 5 nitrogen and oxygen atoms in total. The summed E-state index contributed by atoms with van der Waals surface area (Å²) >= 11 is 0. The van der Waals surface area contributed by atoms with Crippen LogP contribution < -0.4 is 15.6 Å². The van der Waals surface area contributed by atoms with Crippen LogP contribution in [0.3, 0.4) is 0 Å². The molecule has 0 amide bonds. The molecular weight excluding hydrogens is 451 g/mol. The van der Waals surface area contributed by atoms with E-state index in [0.717, 1.165) is 11.6 Å². The lowest BCUT2D eigenvalue weighted by molar-refractivity contribution is 0.579. The third-order valence-electron chi connectivity index (χ3n) is 5.82. The molecule has 1 aliphatic carbocycles. The molecule has 9 heteroatoms. The Kier molecular flexibility index (Phi) is 6.34. The molecule has 0 spiro atoms. The van der Waals surface area contributed by atoms with E-state index in [9.17, 15) is 22.2 Å². The van der Waals surface area contributed by atoms with Crippen molar-refractivity contribution in [2.45, 2.75) is 37.9 Å². The zero-order valence-corrected chi connectivity index (χ0v) is 19.2. The van der Waals surface area contributed by atoms with Crippen LogP contribution in [0, 0.1) is 24.4 Å². The Labute approximate surface area is 192 Å². The lowest BCUT2D eigenvalue weighted by atomic mass is 10.1. The average molecular weight is 476 g/mol. The van der Waals surface area contributed by atoms with Gasteiger partial charge in [0.25, 0.3) is 5.56 Å². The van der Waals surface area contributed by atoms with Crippen LogP contribution >= 0.6 is 0 Å². The molecule has 3 unspecified atom stereocenters. The van der Waals surface area contributed by atoms with Gasteiger partial charge in [-0.3, -0.25) is 9.36 Å². The molecule has 1 aromatic heterocycles. The molecule has 3 aromatic rings. The van der Waals surface area contributed by atoms with Crippen molar-refractivity contribution >= 4 is 28.2 Å². The molecule has 0 bridgehead atoms. The lowest BCUT2D eigenvalue weighted by Gasteiger charge is -2.18. The predicted octanol–water partition coefficient (Wildman–Crippen LogP) is 5.05. The number of hydrogen-bond acceptors (Lipinski definition) is 3. The topological polar surface area (TPSA) is 63.1 Å². The quantitative estimate of drug-likeness (QED) is 0.503. The van der Waals surface area contributed by atoms with Crippen molar-refractivity contribution in [1.29, 1.82) is 0 Å². The van der Waals surface area contributed by atoms with E-state index in [-0.39, 0.29) is 28.2 Å². The highest BCUT2D eigenvalue weighted by Gasteiger charge is 2.44. The smallest absolute Gasteiger partial charge is 0.254 e. The predicted molar refractivity (Wildman–Crippen MR) is 125 cm³/mol. The van der Waals surface area contributed by atoms with Crippen LogP contribution in [0.5, 0.6) is 0 Å². The number of aryl methyl sites for hydroxylation is 2. The van der Waals surface area contributed by atoms with Crippen molar-refractivity contribution in [1.82, 2.24) is 4.57 Å². The molecule has 1 fully saturated rings. The number of hydrogen-bond donors (Lipinski definition) is 2. The van der Waals surface area contributed by atoms with Crippen LogP contribution in [0.15, 0.2) is 47.3 Å². The summed E-state index contributed by atoms with van der Waals surface area (Å²) < 4.78 is 58.9. The highest BCUT2D eigenvalue weighted by atomic mass is 32.2. The van der Waals surface area contributed by atoms with Crippen molar-refractivity contribution < 1.29 is 17.4 Å². The maximum Gasteiger partial charge on any atom is 0.254 e. The standard InChI is InChI=1S/C24H24F3N3O2S/c1-4-14-5-6-20(19(27)8-14)28-23-21(7-13(2)24(31)30(23)3)29-33(32)22-12-18(22)15-9-16(25)11-17(26)10-15/h5-11,18,22,28-29H,4,12H2,1-3H3. The Morgan fingerprint density at radius 3 is 2.39 bits per heavy atom. The summed E-state index contributed by atoms with van der Waals surface area (Å²) in [5, 5.41) is 2.59. The number of nitrogens with zero attached hydrogens (tertiary/aromatic N) is 1. The number of benzene rings is 2. The summed E-state index contributed by atoms with van der Waals surface area (Å²) in [5.74, 6) is -1.80. The van der Waals surface area contributed by atoms with E-state index in [2.05, 4.69) is 10.0 Å². The zero-order valence-electron chi connectivity index (χ0n) is 18.4. The maximum atomic E-state index is 14.6. The van der Waals surface area contributed by atoms with E-state index in [4.69, 9.17) is 0 Å². The van der Waals surface area contributed by atoms with Crippen LogP contribution in [0.4, 0.5) is 30.4 Å². The molecule has 33 heavy (non-hydrogen) atoms. The minimum absolute atomic E-state index is 0.180. The summed E-state index contributed by atoms with van der Waals surface area (Å²) in [6.45, 7) is 3.55. The first-order valence-corrected chi connectivity index (χ1v) is 11.8. The van der Waals surface area contributed by atoms with Crippen molar-refractivity contribution in [2.24, 2.45) is 7.05 Å². The summed E-state index contributed by atoms with van der Waals surface area (Å²) in [6, 6.07) is 9.65. The third-order valence-corrected chi connectivity index (χ3v) is 7.31. The highest BCUT2D eigenvalue weighted by molar-refractivity contribution is 7.87. The first kappa shape index (κ1) is 23.1. The second-order valence-corrected chi connectivity index (χ2v) is 9.63. The minimum Gasteiger partial charge on any atom is -0.337 e. The Bertz CT molecular complexity index is 1290. The molecular formula is C24H24F3N3O2S. The highest BCUT2D eigenvalue weighted by Crippen LogP contribution is 2.45. The van der Waals surface area contributed by atoms with Gasteiger partial charge in [-0.2, -0.15) is 0 Å². The van der Waals surface area contributed by atoms with Gasteiger partial charge in [0.2, 0.25) is 0 Å². The molecule has 0 aliphatic heterocycles. The van der Waals surface area contributed by atoms with Gasteiger partial charge in [-0.25, -0.2) is 17.4 Å². The van der Waals surface area contributed by atoms with Gasteiger partial charge in [0.15, 0.2) is 0 Å². The number of nitrogens with one attached hydrogen (secondary N) is 2. The number of anilines is 3. The van der Waals surface area contributed by atoms with E-state index >= 15 is 0 Å². The van der Waals surface area contributed by atoms with Gasteiger partial charge in [0, 0.05) is 24.6 Å². The van der Waals surface area contributed by atoms with Crippen LogP contribution in [0.2, 0.25) is 0 Å². The molecule has 0 saturated heterocycles. The molecule has 0 radical (unpaired) electrons. The molecule has 174 valence electrons. The number of aromatic nitrogens is 1. The summed E-state index contributed by atoms with van der Waals surface area (Å²) in [5.41, 5.74) is 1.98. The Morgan fingerprint density at radius 2 is 1.76 bits per heavy atom. The van der Waals surface area contributed by atoms with E-state index in [1.54, 1.807) is 32.2 Å². The first-order valence-electron chi connectivity index (χ1n) is 10.6. The average Bonchev–Trinajstić information content (AvgIpc) is 3.56. The fraction of sp³-hybridized carbons (Fsp3) is 0.292. The van der Waals surface area contributed by atoms with E-state index in [1.165, 1.54) is 22.8 Å². The lowest BCUT2D eigenvalue weighted by Crippen LogP contribution is -2.24. The zero-order chi connectivity index (χ0) is 23.9. The van der Waals surface area contributed by atoms with Crippen molar-refractivity contribution in [3.05, 3.63) is 87.0 Å². The number of pyridine rings is 1. The van der Waals surface area contributed by atoms with Crippen LogP contribution in [0.25, 0.3) is 0 Å². The van der Waals surface area contributed by atoms with Crippen LogP contribution in [0.1, 0.15) is 36.0 Å². The first-order chi connectivity index (χ1) is 15.7. The van der Waals surface area contributed by atoms with Gasteiger partial charge < -0.3 is 10.0 Å². The Morgan fingerprint density at radius 1 is 1.06 bits per heavy atom. The summed E-state index contributed by atoms with van der Waals surface area (Å²) in [7, 11) is -0.0601. The molecule has 1 heterocycles. The normalized spacial score (nSPS) is 18.1. The summed E-state index contributed by atoms with van der Waals surface area (Å²) in [4.78, 5) is 12.5. The third kappa shape index (κ3) is 4.83. The van der Waals surface area contributed by atoms with Crippen LogP contribution in [-0.4, -0.2) is 14.0 Å². The molecule has 1 aliphatic rings. The van der Waals surface area contributed by atoms with Gasteiger partial charge in [0.1, 0.15) is 34.3 Å². The monoisotopic (exact) mass is 475 g/mol. The minimum atomic E-state index is -1.60. The van der Waals surface area contributed by atoms with Crippen molar-refractivity contribution in [2.75, 3.05) is 10.0 Å². The Balaban J connectivity index is 1.60. The maximum absolute atomic E-state index is 14.6. The van der Waals surface area contributed by atoms with Gasteiger partial charge in [0.05, 0.1) is 16.6 Å². The Hall–Kier alpha value is -3.07. The second kappa shape index (κ2) is 9.05. The largest absolute Gasteiger partial charge is 0.337 e. The van der Waals surface area contributed by atoms with Gasteiger partial charge in [-0.1, -0.05) is 13.0 Å². The summed E-state index contributed by atoms with van der Waals surface area (Å²) in [6.07, 6.45) is 1.19. The van der Waals surface area contributed by atoms with E-state index in [1.807, 2.05) is 6.92 Å². The van der Waals surface area contributed by atoms with Gasteiger partial charge >= 0.3 is 0 Å². The van der Waals surface area contributed by atoms with Gasteiger partial charge in [-0.15, -0.1) is 0 Å². The van der Waals surface area contributed by atoms with Crippen molar-refractivity contribution in [3.63, 3.8) is 0 Å². The molecule has 2 aromatic carbocycles. The molecule has 1 saturated carbocycles. The molecule has 2 N–H and O–H groups in total. The fourth-order valence-electron chi connectivity index (χ4n) is 3.86. The fourth-order valence-corrected chi connectivity index (χ4v) is 5.22. The molecule has 4 rings (SSSR count). The van der Waals surface area contributed by atoms with E-state index in [0.29, 0.717) is 29.7 Å². The molecule has 3 atom stereocenters. The number of rotatable bonds is 7. The SMILES string of the molecule is CCc1ccc(Nc2c(NS(=O)C3CC3c3cc(F)cc(F)c3)cc(C)c(=O)n2C)c(F)c1. The van der Waals surface area contributed by atoms with Crippen molar-refractivity contribution in [3.8, 4) is 0 Å². The van der Waals surface area contributed by atoms with E-state index < -0.39 is 28.4 Å². The van der Waals surface area contributed by atoms with Crippen LogP contribution in [-0.2, 0) is 24.5 Å².